The van der Waals surface area contributed by atoms with Gasteiger partial charge in [-0.15, -0.1) is 0 Å². The Balaban J connectivity index is 1.30. The van der Waals surface area contributed by atoms with Crippen molar-refractivity contribution in [3.8, 4) is 0 Å². The maximum Gasteiger partial charge on any atom is 0.0897 e. The molecule has 6 atom stereocenters. The van der Waals surface area contributed by atoms with Crippen LogP contribution < -0.4 is 5.32 Å². The van der Waals surface area contributed by atoms with Crippen LogP contribution in [-0.2, 0) is 9.47 Å². The summed E-state index contributed by atoms with van der Waals surface area (Å²) in [5.74, 6) is 0.773. The highest BCUT2D eigenvalue weighted by Crippen LogP contribution is 2.34. The summed E-state index contributed by atoms with van der Waals surface area (Å²) < 4.78 is 11.7. The van der Waals surface area contributed by atoms with E-state index < -0.39 is 6.10 Å². The molecule has 1 aliphatic carbocycles. The molecule has 0 radical (unpaired) electrons. The van der Waals surface area contributed by atoms with Gasteiger partial charge in [-0.05, 0) is 38.0 Å². The minimum Gasteiger partial charge on any atom is -0.389 e. The van der Waals surface area contributed by atoms with Crippen LogP contribution in [0.2, 0.25) is 0 Å². The van der Waals surface area contributed by atoms with Crippen molar-refractivity contribution in [2.45, 2.75) is 82.3 Å². The van der Waals surface area contributed by atoms with Gasteiger partial charge in [0.1, 0.15) is 0 Å². The van der Waals surface area contributed by atoms with Crippen LogP contribution in [0.3, 0.4) is 0 Å². The zero-order valence-electron chi connectivity index (χ0n) is 12.6. The first-order valence-electron chi connectivity index (χ1n) is 8.39. The highest BCUT2D eigenvalue weighted by molar-refractivity contribution is 4.94. The lowest BCUT2D eigenvalue weighted by Crippen LogP contribution is -2.43. The van der Waals surface area contributed by atoms with Crippen molar-refractivity contribution >= 4 is 0 Å². The molecule has 4 heteroatoms. The quantitative estimate of drug-likeness (QED) is 0.781. The molecule has 0 aromatic carbocycles. The molecule has 0 aromatic heterocycles. The number of nitrogens with one attached hydrogen (secondary N) is 1. The van der Waals surface area contributed by atoms with Gasteiger partial charge in [-0.3, -0.25) is 0 Å². The van der Waals surface area contributed by atoms with Crippen LogP contribution in [0.25, 0.3) is 0 Å². The first-order valence-corrected chi connectivity index (χ1v) is 8.39. The fraction of sp³-hybridized carbons (Fsp3) is 1.00. The van der Waals surface area contributed by atoms with Crippen molar-refractivity contribution in [2.24, 2.45) is 5.92 Å². The average molecular weight is 283 g/mol. The Bertz CT molecular complexity index is 312. The van der Waals surface area contributed by atoms with Crippen LogP contribution in [0, 0.1) is 5.92 Å². The summed E-state index contributed by atoms with van der Waals surface area (Å²) in [7, 11) is 0. The molecular weight excluding hydrogens is 254 g/mol. The van der Waals surface area contributed by atoms with Crippen molar-refractivity contribution < 1.29 is 14.6 Å². The first-order chi connectivity index (χ1) is 9.70. The summed E-state index contributed by atoms with van der Waals surface area (Å²) in [4.78, 5) is 0. The third-order valence-corrected chi connectivity index (χ3v) is 5.13. The Labute approximate surface area is 122 Å². The Hall–Kier alpha value is -0.160. The van der Waals surface area contributed by atoms with Gasteiger partial charge in [0.25, 0.3) is 0 Å². The van der Waals surface area contributed by atoms with Crippen molar-refractivity contribution in [2.75, 3.05) is 13.2 Å². The van der Waals surface area contributed by atoms with Gasteiger partial charge in [0.2, 0.25) is 0 Å². The molecule has 0 aromatic rings. The Morgan fingerprint density at radius 3 is 2.85 bits per heavy atom. The van der Waals surface area contributed by atoms with Crippen molar-refractivity contribution in [3.05, 3.63) is 0 Å². The molecule has 2 N–H and O–H groups in total. The third-order valence-electron chi connectivity index (χ3n) is 5.13. The highest BCUT2D eigenvalue weighted by atomic mass is 16.5. The summed E-state index contributed by atoms with van der Waals surface area (Å²) in [5.41, 5.74) is 0. The lowest BCUT2D eigenvalue weighted by molar-refractivity contribution is -0.0316. The standard InChI is InChI=1S/C16H29NO3/c1-11-3-2-4-13(7-11)19-10-12(18)9-17-15-8-14-5-6-16(15)20-14/h11-18H,2-10H2,1H3. The summed E-state index contributed by atoms with van der Waals surface area (Å²) in [6.45, 7) is 3.38. The largest absolute Gasteiger partial charge is 0.389 e. The van der Waals surface area contributed by atoms with E-state index in [4.69, 9.17) is 9.47 Å². The maximum atomic E-state index is 10.0. The lowest BCUT2D eigenvalue weighted by atomic mass is 9.89. The molecule has 3 rings (SSSR count). The highest BCUT2D eigenvalue weighted by Gasteiger charge is 2.40. The van der Waals surface area contributed by atoms with Gasteiger partial charge >= 0.3 is 0 Å². The summed E-state index contributed by atoms with van der Waals surface area (Å²) in [6.07, 6.45) is 9.22. The molecule has 2 aliphatic heterocycles. The molecule has 2 saturated heterocycles. The number of ether oxygens (including phenoxy) is 2. The molecule has 3 fully saturated rings. The second-order valence-electron chi connectivity index (χ2n) is 7.01. The van der Waals surface area contributed by atoms with E-state index in [2.05, 4.69) is 12.2 Å². The van der Waals surface area contributed by atoms with Crippen LogP contribution in [0.15, 0.2) is 0 Å². The van der Waals surface area contributed by atoms with E-state index in [-0.39, 0.29) is 0 Å². The molecule has 2 bridgehead atoms. The minimum atomic E-state index is -0.397. The van der Waals surface area contributed by atoms with Crippen LogP contribution in [-0.4, -0.2) is 48.7 Å². The number of hydrogen-bond acceptors (Lipinski definition) is 4. The van der Waals surface area contributed by atoms with Gasteiger partial charge in [-0.25, -0.2) is 0 Å². The number of aliphatic hydroxyl groups is 1. The van der Waals surface area contributed by atoms with Crippen molar-refractivity contribution in [3.63, 3.8) is 0 Å². The predicted octanol–water partition coefficient (Wildman–Crippen LogP) is 1.85. The summed E-state index contributed by atoms with van der Waals surface area (Å²) >= 11 is 0. The van der Waals surface area contributed by atoms with E-state index in [0.717, 1.165) is 25.2 Å². The summed E-state index contributed by atoms with van der Waals surface area (Å²) in [6, 6.07) is 0.443. The van der Waals surface area contributed by atoms with E-state index in [9.17, 15) is 5.11 Å². The van der Waals surface area contributed by atoms with E-state index in [1.807, 2.05) is 0 Å². The molecule has 0 spiro atoms. The van der Waals surface area contributed by atoms with Gasteiger partial charge in [-0.1, -0.05) is 19.8 Å². The van der Waals surface area contributed by atoms with Gasteiger partial charge in [0, 0.05) is 12.6 Å². The maximum absolute atomic E-state index is 10.0. The van der Waals surface area contributed by atoms with E-state index in [0.29, 0.717) is 37.5 Å². The van der Waals surface area contributed by atoms with Gasteiger partial charge in [0.15, 0.2) is 0 Å². The molecule has 3 aliphatic rings. The molecule has 1 saturated carbocycles. The number of hydrogen-bond donors (Lipinski definition) is 2. The predicted molar refractivity (Wildman–Crippen MR) is 77.7 cm³/mol. The van der Waals surface area contributed by atoms with Gasteiger partial charge < -0.3 is 19.9 Å². The second kappa shape index (κ2) is 6.73. The third kappa shape index (κ3) is 3.73. The minimum absolute atomic E-state index is 0.360. The number of aliphatic hydroxyl groups excluding tert-OH is 1. The normalized spacial score (nSPS) is 42.0. The summed E-state index contributed by atoms with van der Waals surface area (Å²) in [5, 5.41) is 13.5. The molecule has 6 unspecified atom stereocenters. The van der Waals surface area contributed by atoms with Crippen molar-refractivity contribution in [1.82, 2.24) is 5.32 Å². The van der Waals surface area contributed by atoms with Crippen LogP contribution in [0.1, 0.15) is 51.9 Å². The molecule has 4 nitrogen and oxygen atoms in total. The van der Waals surface area contributed by atoms with Crippen LogP contribution in [0.5, 0.6) is 0 Å². The molecular formula is C16H29NO3. The fourth-order valence-electron chi connectivity index (χ4n) is 3.98. The fourth-order valence-corrected chi connectivity index (χ4v) is 3.98. The Morgan fingerprint density at radius 1 is 1.25 bits per heavy atom. The topological polar surface area (TPSA) is 50.7 Å². The van der Waals surface area contributed by atoms with Crippen molar-refractivity contribution in [1.29, 1.82) is 0 Å². The Morgan fingerprint density at radius 2 is 2.15 bits per heavy atom. The molecule has 0 amide bonds. The second-order valence-corrected chi connectivity index (χ2v) is 7.01. The van der Waals surface area contributed by atoms with Gasteiger partial charge in [-0.2, -0.15) is 0 Å². The first kappa shape index (κ1) is 14.8. The van der Waals surface area contributed by atoms with Gasteiger partial charge in [0.05, 0.1) is 31.0 Å². The lowest BCUT2D eigenvalue weighted by Gasteiger charge is -2.28. The molecule has 20 heavy (non-hydrogen) atoms. The molecule has 116 valence electrons. The zero-order chi connectivity index (χ0) is 13.9. The zero-order valence-corrected chi connectivity index (χ0v) is 12.6. The van der Waals surface area contributed by atoms with Crippen LogP contribution in [0.4, 0.5) is 0 Å². The van der Waals surface area contributed by atoms with E-state index >= 15 is 0 Å². The average Bonchev–Trinajstić information content (AvgIpc) is 3.05. The van der Waals surface area contributed by atoms with Crippen LogP contribution >= 0.6 is 0 Å². The van der Waals surface area contributed by atoms with E-state index in [1.54, 1.807) is 0 Å². The Kier molecular flexibility index (Phi) is 4.97. The number of fused-ring (bicyclic) bond motifs is 2. The monoisotopic (exact) mass is 283 g/mol. The number of rotatable bonds is 6. The molecule has 2 heterocycles. The SMILES string of the molecule is CC1CCCC(OCC(O)CNC2CC3CCC2O3)C1. The van der Waals surface area contributed by atoms with E-state index in [1.165, 1.54) is 25.7 Å². The smallest absolute Gasteiger partial charge is 0.0897 e.